The van der Waals surface area contributed by atoms with Crippen molar-refractivity contribution in [3.63, 3.8) is 0 Å². The zero-order valence-corrected chi connectivity index (χ0v) is 10.7. The first kappa shape index (κ1) is 11.5. The zero-order chi connectivity index (χ0) is 12.6. The Kier molecular flexibility index (Phi) is 2.71. The van der Waals surface area contributed by atoms with Crippen molar-refractivity contribution < 1.29 is 9.90 Å². The van der Waals surface area contributed by atoms with Crippen molar-refractivity contribution in [1.82, 2.24) is 0 Å². The fourth-order valence-corrected chi connectivity index (χ4v) is 3.71. The molecule has 1 aliphatic rings. The molecule has 2 nitrogen and oxygen atoms in total. The van der Waals surface area contributed by atoms with E-state index in [-0.39, 0.29) is 0 Å². The molecule has 18 heavy (non-hydrogen) atoms. The Morgan fingerprint density at radius 1 is 1.17 bits per heavy atom. The molecule has 3 rings (SSSR count). The third-order valence-corrected chi connectivity index (χ3v) is 4.94. The highest BCUT2D eigenvalue weighted by Gasteiger charge is 2.52. The molecule has 0 amide bonds. The van der Waals surface area contributed by atoms with Gasteiger partial charge in [0.25, 0.3) is 0 Å². The Labute approximate surface area is 110 Å². The Bertz CT molecular complexity index is 539. The van der Waals surface area contributed by atoms with E-state index in [4.69, 9.17) is 0 Å². The topological polar surface area (TPSA) is 37.3 Å². The van der Waals surface area contributed by atoms with E-state index in [0.717, 1.165) is 4.88 Å². The molecule has 1 fully saturated rings. The molecule has 1 N–H and O–H groups in total. The van der Waals surface area contributed by atoms with Gasteiger partial charge in [-0.2, -0.15) is 0 Å². The van der Waals surface area contributed by atoms with Gasteiger partial charge in [0.2, 0.25) is 0 Å². The van der Waals surface area contributed by atoms with E-state index < -0.39 is 11.4 Å². The molecule has 0 spiro atoms. The molecule has 0 aliphatic heterocycles. The van der Waals surface area contributed by atoms with Crippen molar-refractivity contribution in [3.8, 4) is 0 Å². The van der Waals surface area contributed by atoms with Crippen molar-refractivity contribution in [3.05, 3.63) is 58.3 Å². The molecule has 3 heteroatoms. The van der Waals surface area contributed by atoms with Gasteiger partial charge in [-0.25, -0.2) is 0 Å². The van der Waals surface area contributed by atoms with E-state index >= 15 is 0 Å². The number of benzene rings is 1. The zero-order valence-electron chi connectivity index (χ0n) is 9.87. The summed E-state index contributed by atoms with van der Waals surface area (Å²) in [6.07, 6.45) is 1.43. The minimum atomic E-state index is -0.683. The first-order chi connectivity index (χ1) is 8.72. The van der Waals surface area contributed by atoms with Crippen LogP contribution in [0.25, 0.3) is 0 Å². The van der Waals surface area contributed by atoms with Crippen LogP contribution in [0.4, 0.5) is 0 Å². The molecule has 1 aromatic carbocycles. The summed E-state index contributed by atoms with van der Waals surface area (Å²) in [5.74, 6) is -0.304. The van der Waals surface area contributed by atoms with Crippen LogP contribution in [-0.4, -0.2) is 11.1 Å². The molecule has 0 bridgehead atoms. The van der Waals surface area contributed by atoms with Gasteiger partial charge in [0, 0.05) is 4.88 Å². The Morgan fingerprint density at radius 3 is 2.44 bits per heavy atom. The third-order valence-electron chi connectivity index (χ3n) is 3.86. The minimum Gasteiger partial charge on any atom is -0.481 e. The number of aliphatic carboxylic acids is 1. The Morgan fingerprint density at radius 2 is 1.89 bits per heavy atom. The molecular weight excluding hydrogens is 244 g/mol. The lowest BCUT2D eigenvalue weighted by atomic mass is 9.59. The lowest BCUT2D eigenvalue weighted by Gasteiger charge is -2.44. The second kappa shape index (κ2) is 4.25. The van der Waals surface area contributed by atoms with E-state index in [1.54, 1.807) is 11.3 Å². The summed E-state index contributed by atoms with van der Waals surface area (Å²) in [6, 6.07) is 14.1. The maximum absolute atomic E-state index is 11.6. The summed E-state index contributed by atoms with van der Waals surface area (Å²) >= 11 is 1.55. The fraction of sp³-hybridized carbons (Fsp3) is 0.267. The quantitative estimate of drug-likeness (QED) is 0.912. The molecule has 0 unspecified atom stereocenters. The van der Waals surface area contributed by atoms with E-state index in [9.17, 15) is 9.90 Å². The summed E-state index contributed by atoms with van der Waals surface area (Å²) in [7, 11) is 0. The number of carbonyl (C=O) groups is 1. The van der Waals surface area contributed by atoms with Gasteiger partial charge in [0.1, 0.15) is 5.41 Å². The highest BCUT2D eigenvalue weighted by molar-refractivity contribution is 7.10. The van der Waals surface area contributed by atoms with Crippen LogP contribution in [-0.2, 0) is 10.2 Å². The number of rotatable bonds is 3. The van der Waals surface area contributed by atoms with Crippen molar-refractivity contribution in [2.45, 2.75) is 24.2 Å². The average molecular weight is 258 g/mol. The van der Waals surface area contributed by atoms with Crippen molar-refractivity contribution in [2.75, 3.05) is 0 Å². The first-order valence-corrected chi connectivity index (χ1v) is 6.93. The molecule has 0 radical (unpaired) electrons. The minimum absolute atomic E-state index is 0.379. The first-order valence-electron chi connectivity index (χ1n) is 6.05. The van der Waals surface area contributed by atoms with E-state index in [0.29, 0.717) is 18.8 Å². The maximum atomic E-state index is 11.6. The summed E-state index contributed by atoms with van der Waals surface area (Å²) in [4.78, 5) is 12.6. The molecular formula is C15H14O2S. The van der Waals surface area contributed by atoms with Crippen molar-refractivity contribution >= 4 is 17.3 Å². The summed E-state index contributed by atoms with van der Waals surface area (Å²) in [5.41, 5.74) is 0.611. The van der Waals surface area contributed by atoms with E-state index in [1.165, 1.54) is 5.56 Å². The smallest absolute Gasteiger partial charge is 0.315 e. The molecule has 1 heterocycles. The number of carboxylic acids is 1. The summed E-state index contributed by atoms with van der Waals surface area (Å²) in [5, 5.41) is 11.5. The van der Waals surface area contributed by atoms with Gasteiger partial charge in [0.05, 0.1) is 0 Å². The SMILES string of the molecule is O=C(O)C1(c2cccs2)CC(c2ccccc2)C1. The fourth-order valence-electron chi connectivity index (χ4n) is 2.77. The number of thiophene rings is 1. The van der Waals surface area contributed by atoms with E-state index in [2.05, 4.69) is 12.1 Å². The van der Waals surface area contributed by atoms with Crippen LogP contribution < -0.4 is 0 Å². The van der Waals surface area contributed by atoms with E-state index in [1.807, 2.05) is 35.7 Å². The van der Waals surface area contributed by atoms with Crippen molar-refractivity contribution in [2.24, 2.45) is 0 Å². The predicted molar refractivity (Wildman–Crippen MR) is 72.0 cm³/mol. The molecule has 2 aromatic rings. The second-order valence-corrected chi connectivity index (χ2v) is 5.83. The lowest BCUT2D eigenvalue weighted by molar-refractivity contribution is -0.148. The lowest BCUT2D eigenvalue weighted by Crippen LogP contribution is -2.46. The van der Waals surface area contributed by atoms with Gasteiger partial charge in [-0.1, -0.05) is 36.4 Å². The second-order valence-electron chi connectivity index (χ2n) is 4.88. The summed E-state index contributed by atoms with van der Waals surface area (Å²) < 4.78 is 0. The normalized spacial score (nSPS) is 26.6. The Balaban J connectivity index is 1.85. The highest BCUT2D eigenvalue weighted by atomic mass is 32.1. The predicted octanol–water partition coefficient (Wildman–Crippen LogP) is 3.65. The Hall–Kier alpha value is -1.61. The average Bonchev–Trinajstić information content (AvgIpc) is 2.83. The van der Waals surface area contributed by atoms with Gasteiger partial charge in [-0.3, -0.25) is 4.79 Å². The van der Waals surface area contributed by atoms with Crippen LogP contribution in [0.15, 0.2) is 47.8 Å². The standard InChI is InChI=1S/C15H14O2S/c16-14(17)15(13-7-4-8-18-13)9-12(10-15)11-5-2-1-3-6-11/h1-8,12H,9-10H2,(H,16,17). The van der Waals surface area contributed by atoms with Crippen LogP contribution in [0.2, 0.25) is 0 Å². The van der Waals surface area contributed by atoms with Crippen LogP contribution in [0.3, 0.4) is 0 Å². The van der Waals surface area contributed by atoms with Gasteiger partial charge < -0.3 is 5.11 Å². The molecule has 92 valence electrons. The van der Waals surface area contributed by atoms with Crippen LogP contribution in [0, 0.1) is 0 Å². The monoisotopic (exact) mass is 258 g/mol. The molecule has 0 saturated heterocycles. The number of hydrogen-bond acceptors (Lipinski definition) is 2. The molecule has 1 aromatic heterocycles. The largest absolute Gasteiger partial charge is 0.481 e. The van der Waals surface area contributed by atoms with Gasteiger partial charge in [-0.05, 0) is 35.8 Å². The van der Waals surface area contributed by atoms with Gasteiger partial charge in [-0.15, -0.1) is 11.3 Å². The molecule has 1 aliphatic carbocycles. The maximum Gasteiger partial charge on any atom is 0.315 e. The highest BCUT2D eigenvalue weighted by Crippen LogP contribution is 2.53. The van der Waals surface area contributed by atoms with Crippen molar-refractivity contribution in [1.29, 1.82) is 0 Å². The number of carboxylic acid groups (broad SMARTS) is 1. The molecule has 1 saturated carbocycles. The van der Waals surface area contributed by atoms with Gasteiger partial charge in [0.15, 0.2) is 0 Å². The number of hydrogen-bond donors (Lipinski definition) is 1. The van der Waals surface area contributed by atoms with Crippen LogP contribution in [0.5, 0.6) is 0 Å². The van der Waals surface area contributed by atoms with Crippen LogP contribution >= 0.6 is 11.3 Å². The van der Waals surface area contributed by atoms with Gasteiger partial charge >= 0.3 is 5.97 Å². The summed E-state index contributed by atoms with van der Waals surface area (Å²) in [6.45, 7) is 0. The third kappa shape index (κ3) is 1.66. The molecule has 0 atom stereocenters. The van der Waals surface area contributed by atoms with Crippen LogP contribution in [0.1, 0.15) is 29.2 Å².